The van der Waals surface area contributed by atoms with Crippen LogP contribution in [-0.2, 0) is 19.1 Å². The van der Waals surface area contributed by atoms with Crippen LogP contribution >= 0.6 is 0 Å². The van der Waals surface area contributed by atoms with Gasteiger partial charge in [0.15, 0.2) is 0 Å². The van der Waals surface area contributed by atoms with Gasteiger partial charge in [-0.1, -0.05) is 20.3 Å². The highest BCUT2D eigenvalue weighted by Gasteiger charge is 2.23. The van der Waals surface area contributed by atoms with E-state index < -0.39 is 5.60 Å². The maximum Gasteiger partial charge on any atom is 0.236 e. The van der Waals surface area contributed by atoms with Crippen molar-refractivity contribution in [2.75, 3.05) is 184 Å². The number of hydrogen-bond acceptors (Lipinski definition) is 15. The third kappa shape index (κ3) is 28.8. The first-order valence-electron chi connectivity index (χ1n) is 26.3. The van der Waals surface area contributed by atoms with Gasteiger partial charge in [-0.25, -0.2) is 0 Å². The zero-order chi connectivity index (χ0) is 47.7. The second kappa shape index (κ2) is 35.5. The van der Waals surface area contributed by atoms with Gasteiger partial charge < -0.3 is 61.4 Å². The lowest BCUT2D eigenvalue weighted by atomic mass is 9.85. The maximum atomic E-state index is 11.9. The minimum absolute atomic E-state index is 0.250. The number of aliphatic hydroxyl groups excluding tert-OH is 1. The number of β-amino-alcohol motifs (C(OH)–C–C–N with tert-alkyl or cyclic N) is 1. The number of nitrogens with zero attached hydrogens (tertiary/aromatic N) is 5. The molecule has 17 heteroatoms. The summed E-state index contributed by atoms with van der Waals surface area (Å²) in [5, 5.41) is 38.1. The zero-order valence-electron chi connectivity index (χ0n) is 42.8. The van der Waals surface area contributed by atoms with Crippen molar-refractivity contribution >= 4 is 11.8 Å². The molecule has 0 aromatic carbocycles. The molecule has 1 unspecified atom stereocenters. The van der Waals surface area contributed by atoms with Crippen molar-refractivity contribution in [1.82, 2.24) is 56.4 Å². The van der Waals surface area contributed by atoms with Gasteiger partial charge in [-0.05, 0) is 123 Å². The number of ether oxygens (including phenoxy) is 2. The lowest BCUT2D eigenvalue weighted by Gasteiger charge is -2.31. The first-order chi connectivity index (χ1) is 31.9. The first-order valence-corrected chi connectivity index (χ1v) is 26.3. The van der Waals surface area contributed by atoms with Gasteiger partial charge in [0, 0.05) is 124 Å². The van der Waals surface area contributed by atoms with Crippen molar-refractivity contribution in [1.29, 1.82) is 0 Å². The standard InChI is InChI=1S/C10H19N3O2.C10H19N3O.C9H20N2O.C7H15NO.C7H15N.C6H13NO/c14-10(13-5-7-15-8-6-13)9-12-3-1-11-2-4-12;14-10(13-5-1-2-6-13)9-12-7-3-11-4-8-12;1-9(2,12)8-11-6-3-4-10-5-7-11;9-6-4-7-3-1-2-5-8-7;1-7(2)4-3-5-8-6-7;1-8-6-2-4-7-5-3-6/h11H,1-9H2;11H,1-9H2;10,12H,3-8H2,1-2H3;7-9H,1-6H2;8H,3-6H2,1-2H3;6-7H,2-5H2,1H3. The molecule has 8 fully saturated rings. The molecule has 0 saturated carbocycles. The number of piperidine rings is 3. The Hall–Kier alpha value is -1.58. The van der Waals surface area contributed by atoms with Crippen LogP contribution in [0.3, 0.4) is 0 Å². The summed E-state index contributed by atoms with van der Waals surface area (Å²) in [5.74, 6) is 0.574. The van der Waals surface area contributed by atoms with Crippen LogP contribution in [0.5, 0.6) is 0 Å². The summed E-state index contributed by atoms with van der Waals surface area (Å²) in [6.45, 7) is 33.7. The molecule has 388 valence electrons. The number of hydrogen-bond donors (Lipinski definition) is 8. The van der Waals surface area contributed by atoms with Gasteiger partial charge in [-0.15, -0.1) is 0 Å². The third-order valence-corrected chi connectivity index (χ3v) is 13.3. The van der Waals surface area contributed by atoms with Crippen molar-refractivity contribution in [3.63, 3.8) is 0 Å². The van der Waals surface area contributed by atoms with Crippen LogP contribution < -0.4 is 31.9 Å². The molecule has 66 heavy (non-hydrogen) atoms. The molecule has 0 spiro atoms. The number of nitrogens with one attached hydrogen (secondary N) is 6. The van der Waals surface area contributed by atoms with Gasteiger partial charge in [0.25, 0.3) is 0 Å². The molecule has 8 heterocycles. The molecule has 8 aliphatic heterocycles. The predicted molar refractivity (Wildman–Crippen MR) is 268 cm³/mol. The quantitative estimate of drug-likeness (QED) is 0.161. The highest BCUT2D eigenvalue weighted by Crippen LogP contribution is 2.23. The van der Waals surface area contributed by atoms with E-state index in [1.54, 1.807) is 7.11 Å². The number of carbonyl (C=O) groups is 2. The topological polar surface area (TPSA) is 181 Å². The van der Waals surface area contributed by atoms with E-state index in [1.807, 2.05) is 23.6 Å². The number of amides is 2. The molecule has 8 aliphatic rings. The van der Waals surface area contributed by atoms with Crippen LogP contribution in [0.25, 0.3) is 0 Å². The van der Waals surface area contributed by atoms with Crippen molar-refractivity contribution < 1.29 is 29.3 Å². The lowest BCUT2D eigenvalue weighted by Crippen LogP contribution is -2.50. The Balaban J connectivity index is 0.000000214. The Morgan fingerprint density at radius 1 is 0.621 bits per heavy atom. The molecular formula is C49H101N11O6. The Morgan fingerprint density at radius 3 is 1.61 bits per heavy atom. The minimum atomic E-state index is -0.551. The van der Waals surface area contributed by atoms with E-state index >= 15 is 0 Å². The van der Waals surface area contributed by atoms with E-state index in [0.717, 1.165) is 137 Å². The van der Waals surface area contributed by atoms with E-state index in [0.29, 0.717) is 56.4 Å². The smallest absolute Gasteiger partial charge is 0.236 e. The fourth-order valence-electron chi connectivity index (χ4n) is 9.27. The molecule has 0 radical (unpaired) electrons. The zero-order valence-corrected chi connectivity index (χ0v) is 42.8. The summed E-state index contributed by atoms with van der Waals surface area (Å²) < 4.78 is 10.4. The third-order valence-electron chi connectivity index (χ3n) is 13.3. The van der Waals surface area contributed by atoms with Crippen molar-refractivity contribution in [2.45, 2.75) is 116 Å². The molecule has 0 aliphatic carbocycles. The molecule has 8 rings (SSSR count). The molecule has 2 amide bonds. The number of aliphatic hydroxyl groups is 2. The number of piperazine rings is 2. The normalized spacial score (nSPS) is 24.7. The van der Waals surface area contributed by atoms with Crippen LogP contribution in [0.1, 0.15) is 98.3 Å². The molecular weight excluding hydrogens is 839 g/mol. The lowest BCUT2D eigenvalue weighted by molar-refractivity contribution is -0.136. The van der Waals surface area contributed by atoms with E-state index in [9.17, 15) is 14.7 Å². The molecule has 0 aromatic rings. The highest BCUT2D eigenvalue weighted by atomic mass is 16.5. The summed E-state index contributed by atoms with van der Waals surface area (Å²) in [6, 6.07) is 0.601. The van der Waals surface area contributed by atoms with Crippen LogP contribution in [0.4, 0.5) is 0 Å². The minimum Gasteiger partial charge on any atom is -0.396 e. The van der Waals surface area contributed by atoms with E-state index in [2.05, 4.69) is 60.4 Å². The molecule has 0 bridgehead atoms. The van der Waals surface area contributed by atoms with Crippen molar-refractivity contribution in [2.24, 2.45) is 5.41 Å². The molecule has 8 saturated heterocycles. The van der Waals surface area contributed by atoms with E-state index in [-0.39, 0.29) is 5.91 Å². The second-order valence-corrected chi connectivity index (χ2v) is 20.6. The Bertz CT molecular complexity index is 1180. The Labute approximate surface area is 401 Å². The number of likely N-dealkylation sites (tertiary alicyclic amines) is 1. The molecule has 0 aromatic heterocycles. The van der Waals surface area contributed by atoms with Crippen LogP contribution in [0.2, 0.25) is 0 Å². The van der Waals surface area contributed by atoms with Gasteiger partial charge in [0.05, 0.1) is 38.0 Å². The average Bonchev–Trinajstić information content (AvgIpc) is 3.77. The molecule has 17 nitrogen and oxygen atoms in total. The number of morpholine rings is 1. The fraction of sp³-hybridized carbons (Fsp3) is 0.959. The Morgan fingerprint density at radius 2 is 1.15 bits per heavy atom. The number of rotatable bonds is 9. The summed E-state index contributed by atoms with van der Waals surface area (Å²) in [4.78, 5) is 34.3. The molecule has 1 atom stereocenters. The summed E-state index contributed by atoms with van der Waals surface area (Å²) in [5.41, 5.74) is 0.0165. The molecule has 8 N–H and O–H groups in total. The largest absolute Gasteiger partial charge is 0.396 e. The SMILES string of the molecule is CC(C)(O)CN1CCCNCC1.CC1(C)CCCNC1.COC1CCNCC1.O=C(CN1CCNCC1)N1CCCC1.O=C(CN1CCNCC1)N1CCOCC1.OCCC1CCCCN1. The van der Waals surface area contributed by atoms with E-state index in [1.165, 1.54) is 77.3 Å². The van der Waals surface area contributed by atoms with Gasteiger partial charge in [0.1, 0.15) is 0 Å². The second-order valence-electron chi connectivity index (χ2n) is 20.6. The van der Waals surface area contributed by atoms with E-state index in [4.69, 9.17) is 14.6 Å². The first kappa shape index (κ1) is 58.7. The summed E-state index contributed by atoms with van der Waals surface area (Å²) in [7, 11) is 1.79. The van der Waals surface area contributed by atoms with Gasteiger partial charge in [0.2, 0.25) is 11.8 Å². The fourth-order valence-corrected chi connectivity index (χ4v) is 9.27. The van der Waals surface area contributed by atoms with Crippen LogP contribution in [0, 0.1) is 5.41 Å². The number of methoxy groups -OCH3 is 1. The summed E-state index contributed by atoms with van der Waals surface area (Å²) in [6.07, 6.45) is 14.0. The predicted octanol–water partition coefficient (Wildman–Crippen LogP) is 0.609. The van der Waals surface area contributed by atoms with Gasteiger partial charge in [-0.2, -0.15) is 0 Å². The van der Waals surface area contributed by atoms with Crippen LogP contribution in [0.15, 0.2) is 0 Å². The summed E-state index contributed by atoms with van der Waals surface area (Å²) >= 11 is 0. The Kier molecular flexibility index (Phi) is 31.6. The van der Waals surface area contributed by atoms with Crippen molar-refractivity contribution in [3.05, 3.63) is 0 Å². The number of carbonyl (C=O) groups excluding carboxylic acids is 2. The average molecular weight is 940 g/mol. The highest BCUT2D eigenvalue weighted by molar-refractivity contribution is 5.78. The monoisotopic (exact) mass is 940 g/mol. The van der Waals surface area contributed by atoms with Gasteiger partial charge >= 0.3 is 0 Å². The van der Waals surface area contributed by atoms with Crippen LogP contribution in [-0.4, -0.2) is 248 Å². The van der Waals surface area contributed by atoms with Gasteiger partial charge in [-0.3, -0.25) is 24.3 Å². The maximum absolute atomic E-state index is 11.9. The van der Waals surface area contributed by atoms with Crippen molar-refractivity contribution in [3.8, 4) is 0 Å².